The van der Waals surface area contributed by atoms with Gasteiger partial charge in [0.25, 0.3) is 0 Å². The Balaban J connectivity index is 3.98. The van der Waals surface area contributed by atoms with Gasteiger partial charge in [-0.1, -0.05) is 367 Å². The molecule has 2 atom stereocenters. The van der Waals surface area contributed by atoms with E-state index >= 15 is 0 Å². The van der Waals surface area contributed by atoms with Crippen molar-refractivity contribution in [1.29, 1.82) is 0 Å². The predicted octanol–water partition coefficient (Wildman–Crippen LogP) is 24.9. The van der Waals surface area contributed by atoms with Gasteiger partial charge < -0.3 is 33.3 Å². The number of carboxylic acids is 1. The summed E-state index contributed by atoms with van der Waals surface area (Å²) in [6, 6.07) is 0. The van der Waals surface area contributed by atoms with Gasteiger partial charge in [0.2, 0.25) is 0 Å². The number of rotatable bonds is 75. The molecule has 0 fully saturated rings. The average molecular weight is 1350 g/mol. The fourth-order valence-electron chi connectivity index (χ4n) is 11.6. The van der Waals surface area contributed by atoms with Gasteiger partial charge in [-0.2, -0.15) is 0 Å². The number of carbonyl (C=O) groups excluding carboxylic acids is 3. The third kappa shape index (κ3) is 78.9. The Morgan fingerprint density at radius 2 is 0.557 bits per heavy atom. The van der Waals surface area contributed by atoms with Gasteiger partial charge in [-0.15, -0.1) is 0 Å². The van der Waals surface area contributed by atoms with Crippen LogP contribution in [0.25, 0.3) is 0 Å². The summed E-state index contributed by atoms with van der Waals surface area (Å²) in [5.74, 6) is -2.26. The lowest BCUT2D eigenvalue weighted by molar-refractivity contribution is -0.870. The Labute approximate surface area is 599 Å². The van der Waals surface area contributed by atoms with Crippen LogP contribution in [0.3, 0.4) is 0 Å². The molecule has 0 aromatic carbocycles. The van der Waals surface area contributed by atoms with Gasteiger partial charge in [0.05, 0.1) is 40.3 Å². The zero-order valence-corrected chi connectivity index (χ0v) is 63.9. The molecule has 2 unspecified atom stereocenters. The second-order valence-electron chi connectivity index (χ2n) is 28.3. The van der Waals surface area contributed by atoms with Gasteiger partial charge in [-0.3, -0.25) is 9.59 Å². The van der Waals surface area contributed by atoms with Crippen LogP contribution in [0.5, 0.6) is 0 Å². The molecular formula is C88H153NO8. The minimum Gasteiger partial charge on any atom is -0.545 e. The first kappa shape index (κ1) is 92.7. The molecule has 0 radical (unpaired) electrons. The average Bonchev–Trinajstić information content (AvgIpc) is 3.27. The first-order valence-electron chi connectivity index (χ1n) is 40.7. The molecule has 0 rings (SSSR count). The number of unbranched alkanes of at least 4 members (excludes halogenated alkanes) is 40. The van der Waals surface area contributed by atoms with Crippen molar-refractivity contribution in [2.45, 2.75) is 373 Å². The Morgan fingerprint density at radius 3 is 0.825 bits per heavy atom. The zero-order valence-electron chi connectivity index (χ0n) is 63.9. The van der Waals surface area contributed by atoms with E-state index < -0.39 is 24.3 Å². The normalized spacial score (nSPS) is 13.3. The lowest BCUT2D eigenvalue weighted by atomic mass is 10.0. The quantitative estimate of drug-likeness (QED) is 0.0195. The topological polar surface area (TPSA) is 111 Å². The summed E-state index contributed by atoms with van der Waals surface area (Å²) in [5.41, 5.74) is 0. The van der Waals surface area contributed by atoms with Crippen LogP contribution in [0.2, 0.25) is 0 Å². The van der Waals surface area contributed by atoms with E-state index in [1.165, 1.54) is 231 Å². The van der Waals surface area contributed by atoms with E-state index in [2.05, 4.69) is 135 Å². The third-order valence-electron chi connectivity index (χ3n) is 17.7. The molecule has 558 valence electrons. The molecule has 0 aliphatic carbocycles. The van der Waals surface area contributed by atoms with Crippen molar-refractivity contribution in [3.63, 3.8) is 0 Å². The number of quaternary nitrogens is 1. The number of hydrogen-bond donors (Lipinski definition) is 0. The molecule has 0 amide bonds. The van der Waals surface area contributed by atoms with Crippen LogP contribution in [0, 0.1) is 0 Å². The molecular weight excluding hydrogens is 1200 g/mol. The number of hydrogen-bond acceptors (Lipinski definition) is 8. The number of ether oxygens (including phenoxy) is 4. The van der Waals surface area contributed by atoms with Crippen LogP contribution < -0.4 is 5.11 Å². The van der Waals surface area contributed by atoms with Crippen LogP contribution in [-0.2, 0) is 33.3 Å². The number of allylic oxidation sites excluding steroid dienone is 20. The molecule has 0 spiro atoms. The van der Waals surface area contributed by atoms with Crippen LogP contribution in [0.1, 0.15) is 361 Å². The second-order valence-corrected chi connectivity index (χ2v) is 28.3. The van der Waals surface area contributed by atoms with Crippen LogP contribution in [0.15, 0.2) is 122 Å². The molecule has 0 heterocycles. The molecule has 9 nitrogen and oxygen atoms in total. The van der Waals surface area contributed by atoms with Crippen molar-refractivity contribution < 1.29 is 42.9 Å². The van der Waals surface area contributed by atoms with Gasteiger partial charge >= 0.3 is 11.9 Å². The number of carbonyl (C=O) groups is 3. The Kier molecular flexibility index (Phi) is 74.0. The summed E-state index contributed by atoms with van der Waals surface area (Å²) in [7, 11) is 5.94. The van der Waals surface area contributed by atoms with Crippen molar-refractivity contribution in [3.8, 4) is 0 Å². The predicted molar refractivity (Wildman–Crippen MR) is 417 cm³/mol. The SMILES string of the molecule is CC/C=C\C/C=C\C/C=C\C/C=C\C/C=C\C/C=C\CCCCCCCCCCCCCCCCCCCCCCCCC(=O)OC(COC(=O)CCCCCCCCCCCCCCCCCCCC/C=C\C/C=C\C/C=C\C/C=C\CC)COC(OCC[N+](C)(C)C)C(=O)[O-]. The van der Waals surface area contributed by atoms with E-state index in [0.29, 0.717) is 23.9 Å². The molecule has 0 aliphatic rings. The Morgan fingerprint density at radius 1 is 0.309 bits per heavy atom. The second kappa shape index (κ2) is 77.4. The molecule has 0 aromatic rings. The van der Waals surface area contributed by atoms with E-state index in [1.54, 1.807) is 0 Å². The number of carboxylic acid groups (broad SMARTS) is 1. The van der Waals surface area contributed by atoms with Gasteiger partial charge in [0.1, 0.15) is 13.2 Å². The van der Waals surface area contributed by atoms with Crippen LogP contribution in [-0.4, -0.2) is 82.3 Å². The number of esters is 2. The minimum atomic E-state index is -1.62. The Bertz CT molecular complexity index is 2020. The standard InChI is InChI=1S/C88H153NO8/c1-6-8-10-12-14-16-18-20-22-24-26-28-30-32-34-36-38-39-40-41-42-43-44-45-46-47-49-51-53-55-57-59-61-63-65-67-69-71-73-75-77-79-86(91)97-84(83-96-88(87(92)93)94-81-80-89(3,4)5)82-95-85(90)78-76-74-72-70-68-66-64-62-60-58-56-54-52-50-48-37-35-33-31-29-27-25-23-21-19-17-15-13-11-9-7-2/h8-11,14-17,20-23,26-29,32,34,38-39,84,88H,6-7,12-13,18-19,24-25,30-31,33,35-37,40-83H2,1-5H3/b10-8-,11-9-,16-14-,17-15-,22-20-,23-21-,28-26-,29-27-,34-32-,39-38-. The third-order valence-corrected chi connectivity index (χ3v) is 17.7. The lowest BCUT2D eigenvalue weighted by Gasteiger charge is -2.26. The van der Waals surface area contributed by atoms with Gasteiger partial charge in [0.15, 0.2) is 12.4 Å². The van der Waals surface area contributed by atoms with E-state index in [9.17, 15) is 19.5 Å². The van der Waals surface area contributed by atoms with E-state index in [4.69, 9.17) is 18.9 Å². The zero-order chi connectivity index (χ0) is 70.4. The number of aliphatic carboxylic acids is 1. The van der Waals surface area contributed by atoms with Crippen molar-refractivity contribution in [2.24, 2.45) is 0 Å². The fourth-order valence-corrected chi connectivity index (χ4v) is 11.6. The largest absolute Gasteiger partial charge is 0.545 e. The summed E-state index contributed by atoms with van der Waals surface area (Å²) in [4.78, 5) is 37.6. The first-order valence-corrected chi connectivity index (χ1v) is 40.7. The highest BCUT2D eigenvalue weighted by Crippen LogP contribution is 2.19. The minimum absolute atomic E-state index is 0.147. The van der Waals surface area contributed by atoms with Crippen molar-refractivity contribution >= 4 is 17.9 Å². The van der Waals surface area contributed by atoms with E-state index in [1.807, 2.05) is 21.1 Å². The molecule has 0 aliphatic heterocycles. The molecule has 0 saturated carbocycles. The smallest absolute Gasteiger partial charge is 0.306 e. The molecule has 9 heteroatoms. The highest BCUT2D eigenvalue weighted by molar-refractivity contribution is 5.70. The van der Waals surface area contributed by atoms with Crippen molar-refractivity contribution in [2.75, 3.05) is 47.5 Å². The van der Waals surface area contributed by atoms with Crippen LogP contribution >= 0.6 is 0 Å². The molecule has 0 saturated heterocycles. The van der Waals surface area contributed by atoms with Crippen molar-refractivity contribution in [1.82, 2.24) is 0 Å². The fraction of sp³-hybridized carbons (Fsp3) is 0.739. The number of likely N-dealkylation sites (N-methyl/N-ethyl adjacent to an activating group) is 1. The lowest BCUT2D eigenvalue weighted by Crippen LogP contribution is -2.44. The summed E-state index contributed by atoms with van der Waals surface area (Å²) in [5, 5.41) is 11.9. The maximum absolute atomic E-state index is 13.0. The van der Waals surface area contributed by atoms with Gasteiger partial charge in [0, 0.05) is 12.8 Å². The maximum Gasteiger partial charge on any atom is 0.306 e. The maximum atomic E-state index is 13.0. The highest BCUT2D eigenvalue weighted by atomic mass is 16.7. The summed E-state index contributed by atoms with van der Waals surface area (Å²) in [6.07, 6.45) is 108. The first-order chi connectivity index (χ1) is 47.6. The molecule has 0 aromatic heterocycles. The monoisotopic (exact) mass is 1350 g/mol. The van der Waals surface area contributed by atoms with E-state index in [0.717, 1.165) is 96.3 Å². The number of nitrogens with zero attached hydrogens (tertiary/aromatic N) is 1. The highest BCUT2D eigenvalue weighted by Gasteiger charge is 2.22. The molecule has 0 N–H and O–H groups in total. The van der Waals surface area contributed by atoms with E-state index in [-0.39, 0.29) is 32.2 Å². The molecule has 97 heavy (non-hydrogen) atoms. The summed E-state index contributed by atoms with van der Waals surface area (Å²) in [6.45, 7) is 4.57. The van der Waals surface area contributed by atoms with Crippen LogP contribution in [0.4, 0.5) is 0 Å². The molecule has 0 bridgehead atoms. The summed E-state index contributed by atoms with van der Waals surface area (Å²) >= 11 is 0. The Hall–Kier alpha value is -4.31. The summed E-state index contributed by atoms with van der Waals surface area (Å²) < 4.78 is 22.9. The van der Waals surface area contributed by atoms with Crippen molar-refractivity contribution in [3.05, 3.63) is 122 Å². The van der Waals surface area contributed by atoms with Gasteiger partial charge in [-0.25, -0.2) is 0 Å². The van der Waals surface area contributed by atoms with Gasteiger partial charge in [-0.05, 0) is 103 Å².